The molecule has 12 heavy (non-hydrogen) atoms. The molecule has 0 heterocycles. The minimum atomic E-state index is 0.263. The zero-order chi connectivity index (χ0) is 8.81. The smallest absolute Gasteiger partial charge is 0.159 e. The Labute approximate surface area is 73.8 Å². The Morgan fingerprint density at radius 2 is 2.25 bits per heavy atom. The van der Waals surface area contributed by atoms with E-state index in [1.54, 1.807) is 0 Å². The molecular weight excluding hydrogens is 150 g/mol. The first-order chi connectivity index (χ1) is 5.84. The molecule has 1 aliphatic carbocycles. The fourth-order valence-corrected chi connectivity index (χ4v) is 1.56. The standard InChI is InChI=1S/C10H17NO/c11-8-7-10(12)9-5-3-1-2-4-6-9/h5H,1-4,6-8,11H2. The van der Waals surface area contributed by atoms with Crippen LogP contribution in [0.4, 0.5) is 0 Å². The topological polar surface area (TPSA) is 43.1 Å². The van der Waals surface area contributed by atoms with Crippen molar-refractivity contribution in [1.29, 1.82) is 0 Å². The van der Waals surface area contributed by atoms with Gasteiger partial charge in [0.15, 0.2) is 5.78 Å². The van der Waals surface area contributed by atoms with E-state index in [1.165, 1.54) is 19.3 Å². The lowest BCUT2D eigenvalue weighted by Crippen LogP contribution is -2.09. The van der Waals surface area contributed by atoms with Crippen LogP contribution in [0.15, 0.2) is 11.6 Å². The molecule has 2 N–H and O–H groups in total. The minimum Gasteiger partial charge on any atom is -0.330 e. The summed E-state index contributed by atoms with van der Waals surface area (Å²) >= 11 is 0. The van der Waals surface area contributed by atoms with Crippen LogP contribution in [0.25, 0.3) is 0 Å². The molecule has 0 aromatic heterocycles. The second-order valence-corrected chi connectivity index (χ2v) is 3.29. The first kappa shape index (κ1) is 9.46. The summed E-state index contributed by atoms with van der Waals surface area (Å²) in [5.74, 6) is 0.263. The molecular formula is C10H17NO. The average molecular weight is 167 g/mol. The van der Waals surface area contributed by atoms with E-state index in [0.717, 1.165) is 18.4 Å². The predicted molar refractivity (Wildman–Crippen MR) is 49.8 cm³/mol. The molecule has 0 unspecified atom stereocenters. The highest BCUT2D eigenvalue weighted by Crippen LogP contribution is 2.18. The van der Waals surface area contributed by atoms with Gasteiger partial charge in [-0.3, -0.25) is 4.79 Å². The van der Waals surface area contributed by atoms with Gasteiger partial charge >= 0.3 is 0 Å². The van der Waals surface area contributed by atoms with Crippen molar-refractivity contribution >= 4 is 5.78 Å². The summed E-state index contributed by atoms with van der Waals surface area (Å²) in [6, 6.07) is 0. The molecule has 0 aromatic rings. The van der Waals surface area contributed by atoms with Crippen LogP contribution in [0, 0.1) is 0 Å². The molecule has 0 aliphatic heterocycles. The van der Waals surface area contributed by atoms with Crippen LogP contribution in [0.1, 0.15) is 38.5 Å². The van der Waals surface area contributed by atoms with E-state index < -0.39 is 0 Å². The first-order valence-corrected chi connectivity index (χ1v) is 4.77. The summed E-state index contributed by atoms with van der Waals surface area (Å²) in [5, 5.41) is 0. The molecule has 0 bridgehead atoms. The molecule has 0 aromatic carbocycles. The summed E-state index contributed by atoms with van der Waals surface area (Å²) < 4.78 is 0. The number of Topliss-reactive ketones (excluding diaryl/α,β-unsaturated/α-hetero) is 1. The number of nitrogens with two attached hydrogens (primary N) is 1. The zero-order valence-electron chi connectivity index (χ0n) is 7.51. The van der Waals surface area contributed by atoms with Crippen LogP contribution in [0.3, 0.4) is 0 Å². The Kier molecular flexibility index (Phi) is 4.01. The van der Waals surface area contributed by atoms with Crippen molar-refractivity contribution in [2.45, 2.75) is 38.5 Å². The third-order valence-electron chi connectivity index (χ3n) is 2.27. The van der Waals surface area contributed by atoms with Crippen LogP contribution in [-0.4, -0.2) is 12.3 Å². The van der Waals surface area contributed by atoms with Gasteiger partial charge in [0.1, 0.15) is 0 Å². The van der Waals surface area contributed by atoms with Gasteiger partial charge in [-0.05, 0) is 37.8 Å². The fourth-order valence-electron chi connectivity index (χ4n) is 1.56. The quantitative estimate of drug-likeness (QED) is 0.696. The third-order valence-corrected chi connectivity index (χ3v) is 2.27. The van der Waals surface area contributed by atoms with E-state index >= 15 is 0 Å². The summed E-state index contributed by atoms with van der Waals surface area (Å²) in [6.07, 6.45) is 8.33. The molecule has 0 spiro atoms. The van der Waals surface area contributed by atoms with Crippen molar-refractivity contribution < 1.29 is 4.79 Å². The van der Waals surface area contributed by atoms with E-state index in [1.807, 2.05) is 0 Å². The van der Waals surface area contributed by atoms with Crippen LogP contribution < -0.4 is 5.73 Å². The van der Waals surface area contributed by atoms with Crippen LogP contribution in [0.2, 0.25) is 0 Å². The monoisotopic (exact) mass is 167 g/mol. The number of hydrogen-bond donors (Lipinski definition) is 1. The largest absolute Gasteiger partial charge is 0.330 e. The van der Waals surface area contributed by atoms with Gasteiger partial charge in [-0.25, -0.2) is 0 Å². The number of carbonyl (C=O) groups excluding carboxylic acids is 1. The lowest BCUT2D eigenvalue weighted by molar-refractivity contribution is -0.115. The van der Waals surface area contributed by atoms with Crippen molar-refractivity contribution in [2.24, 2.45) is 5.73 Å². The lowest BCUT2D eigenvalue weighted by Gasteiger charge is -2.01. The van der Waals surface area contributed by atoms with Gasteiger partial charge in [0.05, 0.1) is 0 Å². The van der Waals surface area contributed by atoms with Crippen molar-refractivity contribution in [3.8, 4) is 0 Å². The molecule has 0 saturated heterocycles. The molecule has 0 atom stereocenters. The van der Waals surface area contributed by atoms with Gasteiger partial charge in [-0.15, -0.1) is 0 Å². The van der Waals surface area contributed by atoms with E-state index in [9.17, 15) is 4.79 Å². The van der Waals surface area contributed by atoms with Gasteiger partial charge < -0.3 is 5.73 Å². The van der Waals surface area contributed by atoms with Gasteiger partial charge in [0.2, 0.25) is 0 Å². The van der Waals surface area contributed by atoms with E-state index in [-0.39, 0.29) is 5.78 Å². The van der Waals surface area contributed by atoms with E-state index in [0.29, 0.717) is 13.0 Å². The Morgan fingerprint density at radius 1 is 1.42 bits per heavy atom. The highest BCUT2D eigenvalue weighted by molar-refractivity contribution is 5.95. The molecule has 1 rings (SSSR count). The van der Waals surface area contributed by atoms with Crippen LogP contribution >= 0.6 is 0 Å². The molecule has 1 aliphatic rings. The molecule has 2 heteroatoms. The number of hydrogen-bond acceptors (Lipinski definition) is 2. The Hall–Kier alpha value is -0.630. The van der Waals surface area contributed by atoms with E-state index in [4.69, 9.17) is 5.73 Å². The normalized spacial score (nSPS) is 18.2. The highest BCUT2D eigenvalue weighted by atomic mass is 16.1. The van der Waals surface area contributed by atoms with Gasteiger partial charge in [0.25, 0.3) is 0 Å². The first-order valence-electron chi connectivity index (χ1n) is 4.77. The molecule has 0 radical (unpaired) electrons. The van der Waals surface area contributed by atoms with Gasteiger partial charge in [0, 0.05) is 6.42 Å². The fraction of sp³-hybridized carbons (Fsp3) is 0.700. The maximum Gasteiger partial charge on any atom is 0.159 e. The molecule has 0 amide bonds. The average Bonchev–Trinajstić information content (AvgIpc) is 2.32. The summed E-state index contributed by atoms with van der Waals surface area (Å²) in [7, 11) is 0. The maximum absolute atomic E-state index is 11.4. The lowest BCUT2D eigenvalue weighted by atomic mass is 10.0. The minimum absolute atomic E-state index is 0.263. The number of rotatable bonds is 3. The van der Waals surface area contributed by atoms with Crippen molar-refractivity contribution in [3.05, 3.63) is 11.6 Å². The molecule has 68 valence electrons. The Bertz CT molecular complexity index is 184. The molecule has 0 fully saturated rings. The summed E-state index contributed by atoms with van der Waals surface area (Å²) in [5.41, 5.74) is 6.35. The van der Waals surface area contributed by atoms with Crippen molar-refractivity contribution in [1.82, 2.24) is 0 Å². The maximum atomic E-state index is 11.4. The Morgan fingerprint density at radius 3 is 3.00 bits per heavy atom. The number of ketones is 1. The highest BCUT2D eigenvalue weighted by Gasteiger charge is 2.09. The summed E-state index contributed by atoms with van der Waals surface area (Å²) in [4.78, 5) is 11.4. The second kappa shape index (κ2) is 5.09. The van der Waals surface area contributed by atoms with Crippen molar-refractivity contribution in [3.63, 3.8) is 0 Å². The van der Waals surface area contributed by atoms with Crippen LogP contribution in [0.5, 0.6) is 0 Å². The summed E-state index contributed by atoms with van der Waals surface area (Å²) in [6.45, 7) is 0.482. The second-order valence-electron chi connectivity index (χ2n) is 3.29. The molecule has 2 nitrogen and oxygen atoms in total. The van der Waals surface area contributed by atoms with Crippen molar-refractivity contribution in [2.75, 3.05) is 6.54 Å². The SMILES string of the molecule is NCCC(=O)C1=CCCCCC1. The zero-order valence-corrected chi connectivity index (χ0v) is 7.51. The number of carbonyl (C=O) groups is 1. The van der Waals surface area contributed by atoms with Crippen LogP contribution in [-0.2, 0) is 4.79 Å². The molecule has 0 saturated carbocycles. The Balaban J connectivity index is 2.47. The van der Waals surface area contributed by atoms with Gasteiger partial charge in [-0.1, -0.05) is 12.5 Å². The number of allylic oxidation sites excluding steroid dienone is 2. The van der Waals surface area contributed by atoms with Gasteiger partial charge in [-0.2, -0.15) is 0 Å². The van der Waals surface area contributed by atoms with E-state index in [2.05, 4.69) is 6.08 Å². The predicted octanol–water partition coefficient (Wildman–Crippen LogP) is 1.79. The third kappa shape index (κ3) is 2.78.